The molecule has 0 fully saturated rings. The lowest BCUT2D eigenvalue weighted by molar-refractivity contribution is -0.140. The number of carbonyl (C=O) groups excluding carboxylic acids is 1. The Hall–Kier alpha value is -4.58. The number of carbonyl (C=O) groups is 1. The van der Waals surface area contributed by atoms with E-state index in [-0.39, 0.29) is 33.9 Å². The van der Waals surface area contributed by atoms with Gasteiger partial charge in [0.05, 0.1) is 23.8 Å². The largest absolute Gasteiger partial charge is 0.496 e. The first-order valence-corrected chi connectivity index (χ1v) is 16.1. The van der Waals surface area contributed by atoms with E-state index in [2.05, 4.69) is 4.99 Å². The van der Waals surface area contributed by atoms with Crippen LogP contribution in [0.15, 0.2) is 99.9 Å². The highest BCUT2D eigenvalue weighted by atomic mass is 35.5. The molecule has 0 spiro atoms. The standard InChI is InChI=1S/C35H25Cl2F3N2O5S/c1-3-46-33(44)29-30(28-24-10-5-4-8-20(24)11-13-26(28)45-2)42-32(43)27(48-34(42)41-31(29)35(38,39)40)17-21-16-23(37)12-14-25(21)47-18-19-7-6-9-22(36)15-19/h4-17,30H,3,18H2,1-2H3/b27-17-/t30-/m1/s1. The molecule has 0 bridgehead atoms. The summed E-state index contributed by atoms with van der Waals surface area (Å²) in [7, 11) is 1.36. The maximum absolute atomic E-state index is 14.8. The molecule has 0 aliphatic carbocycles. The number of thiazole rings is 1. The summed E-state index contributed by atoms with van der Waals surface area (Å²) < 4.78 is 62.2. The summed E-state index contributed by atoms with van der Waals surface area (Å²) in [5.74, 6) is -0.722. The quantitative estimate of drug-likeness (QED) is 0.157. The molecule has 48 heavy (non-hydrogen) atoms. The molecule has 0 saturated carbocycles. The molecule has 0 radical (unpaired) electrons. The Morgan fingerprint density at radius 2 is 1.75 bits per heavy atom. The van der Waals surface area contributed by atoms with Gasteiger partial charge in [0.25, 0.3) is 5.56 Å². The van der Waals surface area contributed by atoms with Crippen molar-refractivity contribution in [1.82, 2.24) is 4.57 Å². The first-order valence-electron chi connectivity index (χ1n) is 14.5. The van der Waals surface area contributed by atoms with Gasteiger partial charge < -0.3 is 14.2 Å². The minimum atomic E-state index is -5.07. The minimum absolute atomic E-state index is 0.0273. The molecule has 4 aromatic carbocycles. The van der Waals surface area contributed by atoms with Crippen molar-refractivity contribution < 1.29 is 32.2 Å². The number of fused-ring (bicyclic) bond motifs is 2. The SMILES string of the molecule is CCOC(=O)C1=C(C(F)(F)F)N=c2s/c(=C\c3cc(Cl)ccc3OCc3cccc(Cl)c3)c(=O)n2[C@@H]1c1c(OC)ccc2ccccc12. The zero-order valence-electron chi connectivity index (χ0n) is 25.3. The third-order valence-corrected chi connectivity index (χ3v) is 9.01. The van der Waals surface area contributed by atoms with Gasteiger partial charge in [0.2, 0.25) is 0 Å². The van der Waals surface area contributed by atoms with Gasteiger partial charge in [-0.25, -0.2) is 9.79 Å². The molecule has 0 unspecified atom stereocenters. The van der Waals surface area contributed by atoms with Crippen molar-refractivity contribution in [3.8, 4) is 11.5 Å². The summed E-state index contributed by atoms with van der Waals surface area (Å²) >= 11 is 13.2. The van der Waals surface area contributed by atoms with Crippen LogP contribution in [-0.4, -0.2) is 30.4 Å². The number of alkyl halides is 3. The highest BCUT2D eigenvalue weighted by molar-refractivity contribution is 7.07. The second-order valence-electron chi connectivity index (χ2n) is 10.6. The van der Waals surface area contributed by atoms with Crippen molar-refractivity contribution in [2.45, 2.75) is 25.7 Å². The Labute approximate surface area is 285 Å². The van der Waals surface area contributed by atoms with Gasteiger partial charge in [-0.05, 0) is 65.7 Å². The van der Waals surface area contributed by atoms with E-state index in [1.165, 1.54) is 20.1 Å². The minimum Gasteiger partial charge on any atom is -0.496 e. The van der Waals surface area contributed by atoms with Gasteiger partial charge in [0.15, 0.2) is 10.5 Å². The van der Waals surface area contributed by atoms with E-state index in [1.807, 2.05) is 6.07 Å². The number of nitrogens with zero attached hydrogens (tertiary/aromatic N) is 2. The van der Waals surface area contributed by atoms with Crippen molar-refractivity contribution in [3.05, 3.63) is 137 Å². The third-order valence-electron chi connectivity index (χ3n) is 7.56. The van der Waals surface area contributed by atoms with Crippen LogP contribution < -0.4 is 24.4 Å². The van der Waals surface area contributed by atoms with E-state index in [1.54, 1.807) is 72.8 Å². The zero-order valence-corrected chi connectivity index (χ0v) is 27.6. The monoisotopic (exact) mass is 712 g/mol. The van der Waals surface area contributed by atoms with E-state index in [4.69, 9.17) is 37.4 Å². The van der Waals surface area contributed by atoms with Gasteiger partial charge in [-0.2, -0.15) is 13.2 Å². The molecule has 13 heteroatoms. The molecule has 7 nitrogen and oxygen atoms in total. The zero-order chi connectivity index (χ0) is 34.2. The van der Waals surface area contributed by atoms with Crippen LogP contribution in [0.3, 0.4) is 0 Å². The van der Waals surface area contributed by atoms with Crippen LogP contribution in [0.1, 0.15) is 29.7 Å². The van der Waals surface area contributed by atoms with Gasteiger partial charge in [0, 0.05) is 21.2 Å². The maximum Gasteiger partial charge on any atom is 0.434 e. The fourth-order valence-corrected chi connectivity index (χ4v) is 6.93. The smallest absolute Gasteiger partial charge is 0.434 e. The van der Waals surface area contributed by atoms with E-state index in [0.717, 1.165) is 21.5 Å². The van der Waals surface area contributed by atoms with Crippen molar-refractivity contribution in [2.24, 2.45) is 4.99 Å². The first kappa shape index (κ1) is 33.3. The molecule has 246 valence electrons. The molecule has 0 saturated heterocycles. The van der Waals surface area contributed by atoms with Crippen molar-refractivity contribution >= 4 is 57.4 Å². The van der Waals surface area contributed by atoms with E-state index in [0.29, 0.717) is 32.1 Å². The molecule has 1 aliphatic heterocycles. The average molecular weight is 714 g/mol. The Kier molecular flexibility index (Phi) is 9.37. The molecule has 1 aromatic heterocycles. The van der Waals surface area contributed by atoms with Gasteiger partial charge in [-0.1, -0.05) is 77.0 Å². The lowest BCUT2D eigenvalue weighted by Gasteiger charge is -2.28. The van der Waals surface area contributed by atoms with Crippen molar-refractivity contribution in [2.75, 3.05) is 13.7 Å². The van der Waals surface area contributed by atoms with Crippen LogP contribution in [-0.2, 0) is 16.1 Å². The van der Waals surface area contributed by atoms with Crippen LogP contribution in [0.25, 0.3) is 16.8 Å². The molecule has 1 aliphatic rings. The summed E-state index contributed by atoms with van der Waals surface area (Å²) in [5, 5.41) is 2.01. The Morgan fingerprint density at radius 3 is 2.48 bits per heavy atom. The lowest BCUT2D eigenvalue weighted by Crippen LogP contribution is -2.41. The highest BCUT2D eigenvalue weighted by Gasteiger charge is 2.46. The predicted octanol–water partition coefficient (Wildman–Crippen LogP) is 7.39. The number of methoxy groups -OCH3 is 1. The Balaban J connectivity index is 1.61. The normalized spacial score (nSPS) is 14.9. The number of halogens is 5. The number of hydrogen-bond acceptors (Lipinski definition) is 7. The van der Waals surface area contributed by atoms with Gasteiger partial charge in [-0.15, -0.1) is 0 Å². The Morgan fingerprint density at radius 1 is 1.00 bits per heavy atom. The van der Waals surface area contributed by atoms with Crippen LogP contribution in [0.5, 0.6) is 11.5 Å². The molecule has 2 heterocycles. The Bertz CT molecular complexity index is 2280. The maximum atomic E-state index is 14.8. The predicted molar refractivity (Wildman–Crippen MR) is 179 cm³/mol. The fraction of sp³-hybridized carbons (Fsp3) is 0.171. The molecular weight excluding hydrogens is 688 g/mol. The topological polar surface area (TPSA) is 79.1 Å². The molecule has 5 aromatic rings. The van der Waals surface area contributed by atoms with E-state index in [9.17, 15) is 22.8 Å². The van der Waals surface area contributed by atoms with Gasteiger partial charge >= 0.3 is 12.1 Å². The number of allylic oxidation sites excluding steroid dienone is 1. The summed E-state index contributed by atoms with van der Waals surface area (Å²) in [5.41, 5.74) is -1.61. The average Bonchev–Trinajstić information content (AvgIpc) is 3.37. The van der Waals surface area contributed by atoms with Crippen LogP contribution in [0.2, 0.25) is 10.0 Å². The number of aromatic nitrogens is 1. The highest BCUT2D eigenvalue weighted by Crippen LogP contribution is 2.43. The summed E-state index contributed by atoms with van der Waals surface area (Å²) in [4.78, 5) is 31.4. The number of benzene rings is 4. The van der Waals surface area contributed by atoms with Gasteiger partial charge in [0.1, 0.15) is 24.1 Å². The van der Waals surface area contributed by atoms with Crippen LogP contribution in [0.4, 0.5) is 13.2 Å². The molecule has 0 N–H and O–H groups in total. The summed E-state index contributed by atoms with van der Waals surface area (Å²) in [6.45, 7) is 1.42. The molecule has 1 atom stereocenters. The lowest BCUT2D eigenvalue weighted by atomic mass is 9.90. The summed E-state index contributed by atoms with van der Waals surface area (Å²) in [6.07, 6.45) is -3.59. The second kappa shape index (κ2) is 13.5. The van der Waals surface area contributed by atoms with E-state index < -0.39 is 35.0 Å². The number of esters is 1. The number of ether oxygens (including phenoxy) is 3. The summed E-state index contributed by atoms with van der Waals surface area (Å²) in [6, 6.07) is 20.6. The second-order valence-corrected chi connectivity index (χ2v) is 12.4. The first-order chi connectivity index (χ1) is 23.0. The molecule has 0 amide bonds. The number of rotatable bonds is 8. The van der Waals surface area contributed by atoms with E-state index >= 15 is 0 Å². The molecule has 6 rings (SSSR count). The van der Waals surface area contributed by atoms with Crippen molar-refractivity contribution in [1.29, 1.82) is 0 Å². The molecular formula is C35H25Cl2F3N2O5S. The third kappa shape index (κ3) is 6.45. The van der Waals surface area contributed by atoms with Gasteiger partial charge in [-0.3, -0.25) is 9.36 Å². The van der Waals surface area contributed by atoms with Crippen molar-refractivity contribution in [3.63, 3.8) is 0 Å². The van der Waals surface area contributed by atoms with Crippen LogP contribution in [0, 0.1) is 0 Å². The number of hydrogen-bond donors (Lipinski definition) is 0. The fourth-order valence-electron chi connectivity index (χ4n) is 5.54. The van der Waals surface area contributed by atoms with Crippen LogP contribution >= 0.6 is 34.5 Å².